The molecule has 0 atom stereocenters. The fourth-order valence-corrected chi connectivity index (χ4v) is 1.31. The van der Waals surface area contributed by atoms with Crippen molar-refractivity contribution in [2.24, 2.45) is 5.92 Å². The topological polar surface area (TPSA) is 20.3 Å². The molecule has 14 heavy (non-hydrogen) atoms. The monoisotopic (exact) mass is 189 g/mol. The number of terminal acetylenes is 2. The summed E-state index contributed by atoms with van der Waals surface area (Å²) in [7, 11) is 0. The molecule has 1 aliphatic carbocycles. The molecule has 0 aromatic rings. The Morgan fingerprint density at radius 2 is 2.07 bits per heavy atom. The first-order chi connectivity index (χ1) is 6.77. The molecule has 74 valence electrons. The van der Waals surface area contributed by atoms with Gasteiger partial charge in [-0.15, -0.1) is 18.8 Å². The van der Waals surface area contributed by atoms with E-state index in [0.717, 1.165) is 6.54 Å². The van der Waals surface area contributed by atoms with Crippen molar-refractivity contribution in [3.8, 4) is 24.7 Å². The highest BCUT2D eigenvalue weighted by atomic mass is 16.2. The lowest BCUT2D eigenvalue weighted by molar-refractivity contribution is -0.130. The van der Waals surface area contributed by atoms with Gasteiger partial charge in [-0.1, -0.05) is 5.92 Å². The van der Waals surface area contributed by atoms with Crippen LogP contribution in [0.15, 0.2) is 0 Å². The molecular weight excluding hydrogens is 174 g/mol. The molecule has 0 aromatic heterocycles. The van der Waals surface area contributed by atoms with Gasteiger partial charge in [-0.05, 0) is 18.8 Å². The van der Waals surface area contributed by atoms with E-state index in [2.05, 4.69) is 11.8 Å². The van der Waals surface area contributed by atoms with Crippen LogP contribution in [0.2, 0.25) is 0 Å². The van der Waals surface area contributed by atoms with Gasteiger partial charge in [0.15, 0.2) is 0 Å². The van der Waals surface area contributed by atoms with Crippen molar-refractivity contribution < 1.29 is 4.79 Å². The van der Waals surface area contributed by atoms with E-state index in [0.29, 0.717) is 25.3 Å². The normalized spacial score (nSPS) is 14.1. The summed E-state index contributed by atoms with van der Waals surface area (Å²) in [5.41, 5.74) is 0. The van der Waals surface area contributed by atoms with E-state index in [1.165, 1.54) is 12.8 Å². The van der Waals surface area contributed by atoms with Crippen molar-refractivity contribution in [2.75, 3.05) is 13.1 Å². The van der Waals surface area contributed by atoms with Crippen LogP contribution < -0.4 is 0 Å². The Morgan fingerprint density at radius 1 is 1.36 bits per heavy atom. The van der Waals surface area contributed by atoms with Gasteiger partial charge < -0.3 is 4.90 Å². The Balaban J connectivity index is 2.36. The van der Waals surface area contributed by atoms with Gasteiger partial charge in [-0.3, -0.25) is 4.79 Å². The number of amides is 1. The molecule has 0 aromatic carbocycles. The van der Waals surface area contributed by atoms with Gasteiger partial charge in [-0.2, -0.15) is 0 Å². The first-order valence-corrected chi connectivity index (χ1v) is 4.92. The molecule has 2 nitrogen and oxygen atoms in total. The van der Waals surface area contributed by atoms with Crippen LogP contribution in [0.4, 0.5) is 0 Å². The molecule has 0 N–H and O–H groups in total. The van der Waals surface area contributed by atoms with Crippen molar-refractivity contribution >= 4 is 5.91 Å². The van der Waals surface area contributed by atoms with E-state index in [1.807, 2.05) is 0 Å². The molecule has 0 heterocycles. The minimum Gasteiger partial charge on any atom is -0.331 e. The first-order valence-electron chi connectivity index (χ1n) is 4.92. The average molecular weight is 189 g/mol. The fourth-order valence-electron chi connectivity index (χ4n) is 1.31. The SMILES string of the molecule is C#CCCC(=O)N(CC#C)CC1CC1. The third-order valence-electron chi connectivity index (χ3n) is 2.29. The summed E-state index contributed by atoms with van der Waals surface area (Å²) in [6, 6.07) is 0. The van der Waals surface area contributed by atoms with Crippen LogP contribution in [0.25, 0.3) is 0 Å². The molecule has 0 radical (unpaired) electrons. The third kappa shape index (κ3) is 3.54. The molecule has 2 heteroatoms. The predicted octanol–water partition coefficient (Wildman–Crippen LogP) is 1.27. The summed E-state index contributed by atoms with van der Waals surface area (Å²) in [5, 5.41) is 0. The Hall–Kier alpha value is -1.41. The quantitative estimate of drug-likeness (QED) is 0.596. The Morgan fingerprint density at radius 3 is 2.57 bits per heavy atom. The summed E-state index contributed by atoms with van der Waals surface area (Å²) in [5.74, 6) is 5.75. The maximum Gasteiger partial charge on any atom is 0.224 e. The molecule has 1 rings (SSSR count). The zero-order valence-corrected chi connectivity index (χ0v) is 8.33. The van der Waals surface area contributed by atoms with Crippen molar-refractivity contribution in [3.05, 3.63) is 0 Å². The minimum absolute atomic E-state index is 0.0906. The molecule has 0 saturated heterocycles. The van der Waals surface area contributed by atoms with E-state index in [4.69, 9.17) is 12.8 Å². The van der Waals surface area contributed by atoms with E-state index in [1.54, 1.807) is 4.90 Å². The van der Waals surface area contributed by atoms with Crippen LogP contribution in [0.1, 0.15) is 25.7 Å². The van der Waals surface area contributed by atoms with E-state index < -0.39 is 0 Å². The number of carbonyl (C=O) groups excluding carboxylic acids is 1. The molecule has 1 fully saturated rings. The molecular formula is C12H15NO. The lowest BCUT2D eigenvalue weighted by Crippen LogP contribution is -2.33. The summed E-state index contributed by atoms with van der Waals surface area (Å²) in [4.78, 5) is 13.3. The molecule has 0 unspecified atom stereocenters. The van der Waals surface area contributed by atoms with E-state index in [9.17, 15) is 4.79 Å². The van der Waals surface area contributed by atoms with Crippen molar-refractivity contribution in [3.63, 3.8) is 0 Å². The van der Waals surface area contributed by atoms with Crippen LogP contribution in [-0.2, 0) is 4.79 Å². The van der Waals surface area contributed by atoms with Gasteiger partial charge in [0.2, 0.25) is 5.91 Å². The molecule has 0 spiro atoms. The zero-order valence-electron chi connectivity index (χ0n) is 8.33. The number of rotatable bonds is 5. The van der Waals surface area contributed by atoms with Crippen LogP contribution >= 0.6 is 0 Å². The van der Waals surface area contributed by atoms with Crippen molar-refractivity contribution in [1.82, 2.24) is 4.90 Å². The Bertz CT molecular complexity index is 278. The highest BCUT2D eigenvalue weighted by Gasteiger charge is 2.25. The van der Waals surface area contributed by atoms with Gasteiger partial charge in [0, 0.05) is 19.4 Å². The Kier molecular flexibility index (Phi) is 4.08. The summed E-state index contributed by atoms with van der Waals surface area (Å²) in [6.45, 7) is 1.23. The minimum atomic E-state index is 0.0906. The second kappa shape index (κ2) is 5.35. The lowest BCUT2D eigenvalue weighted by Gasteiger charge is -2.19. The van der Waals surface area contributed by atoms with Crippen LogP contribution in [0, 0.1) is 30.6 Å². The maximum atomic E-state index is 11.6. The fraction of sp³-hybridized carbons (Fsp3) is 0.583. The number of hydrogen-bond acceptors (Lipinski definition) is 1. The third-order valence-corrected chi connectivity index (χ3v) is 2.29. The highest BCUT2D eigenvalue weighted by molar-refractivity contribution is 5.76. The standard InChI is InChI=1S/C12H15NO/c1-3-5-6-12(14)13(9-4-2)10-11-7-8-11/h1-2,11H,5-10H2. The molecule has 1 amide bonds. The zero-order chi connectivity index (χ0) is 10.4. The smallest absolute Gasteiger partial charge is 0.224 e. The van der Waals surface area contributed by atoms with Crippen LogP contribution in [-0.4, -0.2) is 23.9 Å². The largest absolute Gasteiger partial charge is 0.331 e. The highest BCUT2D eigenvalue weighted by Crippen LogP contribution is 2.29. The second-order valence-electron chi connectivity index (χ2n) is 3.63. The molecule has 0 aliphatic heterocycles. The predicted molar refractivity (Wildman–Crippen MR) is 56.2 cm³/mol. The van der Waals surface area contributed by atoms with Crippen LogP contribution in [0.3, 0.4) is 0 Å². The van der Waals surface area contributed by atoms with Gasteiger partial charge in [0.1, 0.15) is 0 Å². The van der Waals surface area contributed by atoms with E-state index >= 15 is 0 Å². The summed E-state index contributed by atoms with van der Waals surface area (Å²) < 4.78 is 0. The number of nitrogens with zero attached hydrogens (tertiary/aromatic N) is 1. The maximum absolute atomic E-state index is 11.6. The molecule has 1 saturated carbocycles. The van der Waals surface area contributed by atoms with Crippen LogP contribution in [0.5, 0.6) is 0 Å². The summed E-state index contributed by atoms with van der Waals surface area (Å²) in [6.07, 6.45) is 13.7. The molecule has 1 aliphatic rings. The molecule has 0 bridgehead atoms. The Labute approximate surface area is 85.7 Å². The van der Waals surface area contributed by atoms with Gasteiger partial charge in [0.25, 0.3) is 0 Å². The number of carbonyl (C=O) groups is 1. The summed E-state index contributed by atoms with van der Waals surface area (Å²) >= 11 is 0. The van der Waals surface area contributed by atoms with E-state index in [-0.39, 0.29) is 5.91 Å². The van der Waals surface area contributed by atoms with Crippen molar-refractivity contribution in [2.45, 2.75) is 25.7 Å². The number of hydrogen-bond donors (Lipinski definition) is 0. The average Bonchev–Trinajstić information content (AvgIpc) is 2.97. The van der Waals surface area contributed by atoms with Gasteiger partial charge >= 0.3 is 0 Å². The van der Waals surface area contributed by atoms with Gasteiger partial charge in [-0.25, -0.2) is 0 Å². The lowest BCUT2D eigenvalue weighted by atomic mass is 10.2. The first kappa shape index (κ1) is 10.7. The van der Waals surface area contributed by atoms with Gasteiger partial charge in [0.05, 0.1) is 6.54 Å². The second-order valence-corrected chi connectivity index (χ2v) is 3.63. The van der Waals surface area contributed by atoms with Crippen molar-refractivity contribution in [1.29, 1.82) is 0 Å².